The minimum atomic E-state index is -0.541. The van der Waals surface area contributed by atoms with Gasteiger partial charge < -0.3 is 14.9 Å². The van der Waals surface area contributed by atoms with Crippen LogP contribution in [0.25, 0.3) is 10.9 Å². The van der Waals surface area contributed by atoms with Gasteiger partial charge in [-0.25, -0.2) is 14.5 Å². The van der Waals surface area contributed by atoms with Gasteiger partial charge in [0, 0.05) is 50.1 Å². The number of anilines is 1. The monoisotopic (exact) mass is 500 g/mol. The number of hydrogen-bond donors (Lipinski definition) is 1. The number of carbonyl (C=O) groups is 1. The van der Waals surface area contributed by atoms with Crippen molar-refractivity contribution in [1.29, 1.82) is 0 Å². The number of nitro benzene ring substituents is 1. The summed E-state index contributed by atoms with van der Waals surface area (Å²) < 4.78 is 1.06. The van der Waals surface area contributed by atoms with Crippen molar-refractivity contribution in [2.24, 2.45) is 4.99 Å². The quantitative estimate of drug-likeness (QED) is 0.215. The molecule has 4 rings (SSSR count). The molecule has 0 radical (unpaired) electrons. The van der Waals surface area contributed by atoms with E-state index in [1.54, 1.807) is 12.3 Å². The minimum absolute atomic E-state index is 0.187. The molecular formula is C27H28N6O4. The lowest BCUT2D eigenvalue weighted by Crippen LogP contribution is -2.28. The molecule has 190 valence electrons. The largest absolute Gasteiger partial charge is 0.494 e. The Bertz CT molecular complexity index is 1480. The number of pyridine rings is 1. The van der Waals surface area contributed by atoms with Gasteiger partial charge in [-0.05, 0) is 32.3 Å². The summed E-state index contributed by atoms with van der Waals surface area (Å²) in [6.07, 6.45) is 1.74. The number of benzene rings is 2. The molecule has 10 nitrogen and oxygen atoms in total. The lowest BCUT2D eigenvalue weighted by atomic mass is 10.0. The van der Waals surface area contributed by atoms with E-state index in [-0.39, 0.29) is 17.1 Å². The molecule has 0 saturated heterocycles. The molecule has 0 atom stereocenters. The van der Waals surface area contributed by atoms with Gasteiger partial charge in [0.1, 0.15) is 0 Å². The van der Waals surface area contributed by atoms with E-state index in [0.717, 1.165) is 23.3 Å². The molecule has 2 aromatic heterocycles. The van der Waals surface area contributed by atoms with Crippen LogP contribution in [-0.2, 0) is 0 Å². The second-order valence-corrected chi connectivity index (χ2v) is 8.94. The number of nitro groups is 1. The summed E-state index contributed by atoms with van der Waals surface area (Å²) in [6, 6.07) is 17.1. The van der Waals surface area contributed by atoms with Crippen LogP contribution in [0.5, 0.6) is 5.88 Å². The molecule has 1 N–H and O–H groups in total. The van der Waals surface area contributed by atoms with E-state index in [2.05, 4.69) is 14.8 Å². The van der Waals surface area contributed by atoms with E-state index in [1.807, 2.05) is 57.5 Å². The van der Waals surface area contributed by atoms with Crippen molar-refractivity contribution in [2.45, 2.75) is 6.92 Å². The Kier molecular flexibility index (Phi) is 7.30. The molecular weight excluding hydrogens is 472 g/mol. The number of non-ortho nitro benzene ring substituents is 1. The Morgan fingerprint density at radius 2 is 1.81 bits per heavy atom. The zero-order chi connectivity index (χ0) is 26.7. The third kappa shape index (κ3) is 5.34. The molecule has 2 aromatic carbocycles. The summed E-state index contributed by atoms with van der Waals surface area (Å²) in [5.41, 5.74) is 2.34. The van der Waals surface area contributed by atoms with Gasteiger partial charge in [0.2, 0.25) is 11.8 Å². The number of aliphatic imine (C=N–C) groups is 1. The maximum atomic E-state index is 12.5. The normalized spacial score (nSPS) is 11.8. The zero-order valence-corrected chi connectivity index (χ0v) is 21.1. The first-order chi connectivity index (χ1) is 17.7. The third-order valence-electron chi connectivity index (χ3n) is 6.02. The van der Waals surface area contributed by atoms with E-state index < -0.39 is 10.8 Å². The highest BCUT2D eigenvalue weighted by Gasteiger charge is 2.25. The van der Waals surface area contributed by atoms with Gasteiger partial charge in [-0.15, -0.1) is 0 Å². The molecule has 0 spiro atoms. The molecule has 0 bridgehead atoms. The van der Waals surface area contributed by atoms with Crippen LogP contribution < -0.4 is 4.90 Å². The molecule has 0 amide bonds. The predicted octanol–water partition coefficient (Wildman–Crippen LogP) is 4.48. The molecule has 0 saturated carbocycles. The number of nitrogens with zero attached hydrogens (tertiary/aromatic N) is 6. The lowest BCUT2D eigenvalue weighted by molar-refractivity contribution is -0.384. The van der Waals surface area contributed by atoms with Crippen molar-refractivity contribution in [1.82, 2.24) is 14.5 Å². The Hall–Kier alpha value is -4.57. The van der Waals surface area contributed by atoms with Gasteiger partial charge >= 0.3 is 0 Å². The van der Waals surface area contributed by atoms with Crippen LogP contribution in [0.1, 0.15) is 22.8 Å². The van der Waals surface area contributed by atoms with Crippen LogP contribution >= 0.6 is 0 Å². The van der Waals surface area contributed by atoms with Crippen LogP contribution in [0.15, 0.2) is 71.9 Å². The van der Waals surface area contributed by atoms with Crippen LogP contribution in [0.4, 0.5) is 17.2 Å². The predicted molar refractivity (Wildman–Crippen MR) is 144 cm³/mol. The highest BCUT2D eigenvalue weighted by molar-refractivity contribution is 6.23. The first-order valence-electron chi connectivity index (χ1n) is 11.7. The lowest BCUT2D eigenvalue weighted by Gasteiger charge is -2.21. The highest BCUT2D eigenvalue weighted by atomic mass is 16.6. The van der Waals surface area contributed by atoms with Gasteiger partial charge in [0.15, 0.2) is 5.82 Å². The van der Waals surface area contributed by atoms with E-state index >= 15 is 0 Å². The molecule has 0 fully saturated rings. The SMILES string of the molecule is CC(=O)n1c(O)c(C(=Nc2ccc(N(C)CCN(C)C)cn2)c2ccccc2)c2ccc([N+](=O)[O-])cc21. The average Bonchev–Trinajstić information content (AvgIpc) is 3.17. The number of hydrogen-bond acceptors (Lipinski definition) is 8. The Morgan fingerprint density at radius 1 is 1.08 bits per heavy atom. The summed E-state index contributed by atoms with van der Waals surface area (Å²) in [5, 5.41) is 23.0. The van der Waals surface area contributed by atoms with Crippen LogP contribution in [0.2, 0.25) is 0 Å². The Morgan fingerprint density at radius 3 is 2.41 bits per heavy atom. The molecule has 10 heteroatoms. The fraction of sp³-hybridized carbons (Fsp3) is 0.222. The maximum absolute atomic E-state index is 12.5. The summed E-state index contributed by atoms with van der Waals surface area (Å²) in [4.78, 5) is 36.8. The van der Waals surface area contributed by atoms with E-state index in [4.69, 9.17) is 4.99 Å². The second kappa shape index (κ2) is 10.6. The minimum Gasteiger partial charge on any atom is -0.494 e. The second-order valence-electron chi connectivity index (χ2n) is 8.94. The molecule has 2 heterocycles. The van der Waals surface area contributed by atoms with Crippen molar-refractivity contribution in [3.63, 3.8) is 0 Å². The molecule has 4 aromatic rings. The Balaban J connectivity index is 1.87. The van der Waals surface area contributed by atoms with Gasteiger partial charge in [-0.2, -0.15) is 0 Å². The summed E-state index contributed by atoms with van der Waals surface area (Å²) in [6.45, 7) is 3.01. The molecule has 37 heavy (non-hydrogen) atoms. The standard InChI is InChI=1S/C27H28N6O4/c1-18(34)32-23-16-20(33(36)37)10-12-22(23)25(27(32)35)26(19-8-6-5-7-9-19)29-24-13-11-21(17-28-24)31(4)15-14-30(2)3/h5-13,16-17,35H,14-15H2,1-4H3. The third-order valence-corrected chi connectivity index (χ3v) is 6.02. The number of aromatic nitrogens is 2. The molecule has 0 aliphatic heterocycles. The van der Waals surface area contributed by atoms with Crippen molar-refractivity contribution < 1.29 is 14.8 Å². The fourth-order valence-corrected chi connectivity index (χ4v) is 4.05. The van der Waals surface area contributed by atoms with Gasteiger partial charge in [-0.1, -0.05) is 30.3 Å². The molecule has 0 unspecified atom stereocenters. The van der Waals surface area contributed by atoms with E-state index in [1.165, 1.54) is 25.1 Å². The van der Waals surface area contributed by atoms with Crippen LogP contribution in [0, 0.1) is 10.1 Å². The van der Waals surface area contributed by atoms with Gasteiger partial charge in [0.05, 0.1) is 33.6 Å². The number of aromatic hydroxyl groups is 1. The van der Waals surface area contributed by atoms with Crippen molar-refractivity contribution in [3.05, 3.63) is 88.1 Å². The summed E-state index contributed by atoms with van der Waals surface area (Å²) in [7, 11) is 6.03. The van der Waals surface area contributed by atoms with E-state index in [0.29, 0.717) is 28.0 Å². The smallest absolute Gasteiger partial charge is 0.271 e. The summed E-state index contributed by atoms with van der Waals surface area (Å²) in [5.74, 6) is -0.413. The number of rotatable bonds is 8. The zero-order valence-electron chi connectivity index (χ0n) is 21.1. The number of carbonyl (C=O) groups excluding carboxylic acids is 1. The van der Waals surface area contributed by atoms with Gasteiger partial charge in [0.25, 0.3) is 5.69 Å². The highest BCUT2D eigenvalue weighted by Crippen LogP contribution is 2.36. The topological polar surface area (TPSA) is 117 Å². The van der Waals surface area contributed by atoms with Crippen LogP contribution in [0.3, 0.4) is 0 Å². The average molecular weight is 501 g/mol. The molecule has 0 aliphatic carbocycles. The fourth-order valence-electron chi connectivity index (χ4n) is 4.05. The molecule has 0 aliphatic rings. The number of likely N-dealkylation sites (N-methyl/N-ethyl adjacent to an activating group) is 2. The first kappa shape index (κ1) is 25.5. The first-order valence-corrected chi connectivity index (χ1v) is 11.7. The van der Waals surface area contributed by atoms with Crippen LogP contribution in [-0.4, -0.2) is 70.3 Å². The van der Waals surface area contributed by atoms with Gasteiger partial charge in [-0.3, -0.25) is 14.9 Å². The van der Waals surface area contributed by atoms with Crippen molar-refractivity contribution in [2.75, 3.05) is 39.1 Å². The van der Waals surface area contributed by atoms with E-state index in [9.17, 15) is 20.0 Å². The van der Waals surface area contributed by atoms with Crippen molar-refractivity contribution >= 4 is 39.7 Å². The number of fused-ring (bicyclic) bond motifs is 1. The Labute approximate surface area is 214 Å². The summed E-state index contributed by atoms with van der Waals surface area (Å²) >= 11 is 0. The maximum Gasteiger partial charge on any atom is 0.271 e. The van der Waals surface area contributed by atoms with Crippen molar-refractivity contribution in [3.8, 4) is 5.88 Å².